The molecule has 1 heterocycles. The van der Waals surface area contributed by atoms with Crippen LogP contribution in [-0.2, 0) is 6.61 Å². The lowest BCUT2D eigenvalue weighted by Crippen LogP contribution is -2.32. The summed E-state index contributed by atoms with van der Waals surface area (Å²) in [6.45, 7) is 11.5. The van der Waals surface area contributed by atoms with Gasteiger partial charge in [0.2, 0.25) is 0 Å². The number of allylic oxidation sites excluding steroid dienone is 1. The van der Waals surface area contributed by atoms with Crippen molar-refractivity contribution in [2.24, 2.45) is 0 Å². The number of fused-ring (bicyclic) bond motifs is 1. The molecule has 0 atom stereocenters. The van der Waals surface area contributed by atoms with E-state index >= 15 is 0 Å². The van der Waals surface area contributed by atoms with Crippen LogP contribution in [0.3, 0.4) is 0 Å². The topological polar surface area (TPSA) is 39.7 Å². The molecule has 196 valence electrons. The smallest absolute Gasteiger partial charge is 0.130 e. The van der Waals surface area contributed by atoms with Gasteiger partial charge < -0.3 is 19.5 Å². The molecule has 4 nitrogen and oxygen atoms in total. The fourth-order valence-corrected chi connectivity index (χ4v) is 5.01. The summed E-state index contributed by atoms with van der Waals surface area (Å²) in [7, 11) is 1.68. The zero-order chi connectivity index (χ0) is 26.6. The molecule has 3 aromatic carbocycles. The SMILES string of the molecule is CCCCCOc1ccc(-c2ccc3c(c2COc2cc(F)ccc2C)C(C)=CC(C)(C)N3)c(OC)c1. The number of benzene rings is 3. The van der Waals surface area contributed by atoms with Crippen molar-refractivity contribution in [3.63, 3.8) is 0 Å². The van der Waals surface area contributed by atoms with Gasteiger partial charge in [-0.05, 0) is 75.1 Å². The van der Waals surface area contributed by atoms with Gasteiger partial charge in [-0.2, -0.15) is 0 Å². The Bertz CT molecular complexity index is 1300. The molecule has 0 unspecified atom stereocenters. The van der Waals surface area contributed by atoms with Crippen LogP contribution in [0.4, 0.5) is 10.1 Å². The van der Waals surface area contributed by atoms with Crippen molar-refractivity contribution >= 4 is 11.3 Å². The normalized spacial score (nSPS) is 13.9. The highest BCUT2D eigenvalue weighted by atomic mass is 19.1. The van der Waals surface area contributed by atoms with Crippen molar-refractivity contribution in [1.82, 2.24) is 0 Å². The van der Waals surface area contributed by atoms with Crippen LogP contribution in [0.5, 0.6) is 17.2 Å². The molecular weight excluding hydrogens is 465 g/mol. The third-order valence-electron chi connectivity index (χ3n) is 6.74. The van der Waals surface area contributed by atoms with Crippen LogP contribution >= 0.6 is 0 Å². The van der Waals surface area contributed by atoms with Crippen molar-refractivity contribution in [2.75, 3.05) is 19.0 Å². The Hall–Kier alpha value is -3.47. The van der Waals surface area contributed by atoms with E-state index in [1.54, 1.807) is 13.2 Å². The van der Waals surface area contributed by atoms with Crippen LogP contribution in [0.25, 0.3) is 16.7 Å². The molecule has 1 aliphatic rings. The molecule has 0 bridgehead atoms. The fraction of sp³-hybridized carbons (Fsp3) is 0.375. The van der Waals surface area contributed by atoms with Gasteiger partial charge in [0.1, 0.15) is 29.7 Å². The molecular formula is C32H38FNO3. The van der Waals surface area contributed by atoms with Crippen molar-refractivity contribution < 1.29 is 18.6 Å². The van der Waals surface area contributed by atoms with E-state index in [4.69, 9.17) is 14.2 Å². The van der Waals surface area contributed by atoms with Crippen LogP contribution in [0.2, 0.25) is 0 Å². The summed E-state index contributed by atoms with van der Waals surface area (Å²) in [5, 5.41) is 3.63. The predicted octanol–water partition coefficient (Wildman–Crippen LogP) is 8.57. The molecule has 3 aromatic rings. The molecule has 0 saturated carbocycles. The summed E-state index contributed by atoms with van der Waals surface area (Å²) in [4.78, 5) is 0. The molecule has 0 aliphatic carbocycles. The highest BCUT2D eigenvalue weighted by Crippen LogP contribution is 2.43. The van der Waals surface area contributed by atoms with Gasteiger partial charge in [0.15, 0.2) is 0 Å². The van der Waals surface area contributed by atoms with Crippen molar-refractivity contribution in [3.8, 4) is 28.4 Å². The lowest BCUT2D eigenvalue weighted by atomic mass is 9.85. The first-order valence-corrected chi connectivity index (χ1v) is 13.1. The average Bonchev–Trinajstić information content (AvgIpc) is 2.86. The molecule has 1 N–H and O–H groups in total. The van der Waals surface area contributed by atoms with Gasteiger partial charge in [0, 0.05) is 34.5 Å². The third-order valence-corrected chi connectivity index (χ3v) is 6.74. The number of hydrogen-bond donors (Lipinski definition) is 1. The molecule has 0 amide bonds. The molecule has 5 heteroatoms. The van der Waals surface area contributed by atoms with Crippen LogP contribution < -0.4 is 19.5 Å². The average molecular weight is 504 g/mol. The molecule has 1 aliphatic heterocycles. The van der Waals surface area contributed by atoms with E-state index < -0.39 is 0 Å². The lowest BCUT2D eigenvalue weighted by molar-refractivity contribution is 0.302. The second-order valence-corrected chi connectivity index (χ2v) is 10.3. The zero-order valence-electron chi connectivity index (χ0n) is 22.8. The second-order valence-electron chi connectivity index (χ2n) is 10.3. The summed E-state index contributed by atoms with van der Waals surface area (Å²) in [6.07, 6.45) is 5.57. The molecule has 4 rings (SSSR count). The monoisotopic (exact) mass is 503 g/mol. The number of hydrogen-bond acceptors (Lipinski definition) is 4. The van der Waals surface area contributed by atoms with Gasteiger partial charge >= 0.3 is 0 Å². The van der Waals surface area contributed by atoms with E-state index in [-0.39, 0.29) is 18.0 Å². The van der Waals surface area contributed by atoms with Gasteiger partial charge in [-0.25, -0.2) is 4.39 Å². The van der Waals surface area contributed by atoms with Gasteiger partial charge in [-0.15, -0.1) is 0 Å². The summed E-state index contributed by atoms with van der Waals surface area (Å²) in [5.41, 5.74) is 7.05. The van der Waals surface area contributed by atoms with Crippen LogP contribution in [0.1, 0.15) is 63.6 Å². The predicted molar refractivity (Wildman–Crippen MR) is 150 cm³/mol. The first-order chi connectivity index (χ1) is 17.7. The first kappa shape index (κ1) is 26.6. The van der Waals surface area contributed by atoms with Crippen LogP contribution in [0.15, 0.2) is 54.6 Å². The minimum atomic E-state index is -0.313. The summed E-state index contributed by atoms with van der Waals surface area (Å²) >= 11 is 0. The molecule has 0 aromatic heterocycles. The number of methoxy groups -OCH3 is 1. The largest absolute Gasteiger partial charge is 0.496 e. The Morgan fingerprint density at radius 2 is 1.68 bits per heavy atom. The Labute approximate surface area is 220 Å². The van der Waals surface area contributed by atoms with Gasteiger partial charge in [-0.1, -0.05) is 38.0 Å². The lowest BCUT2D eigenvalue weighted by Gasteiger charge is -2.33. The minimum Gasteiger partial charge on any atom is -0.496 e. The summed E-state index contributed by atoms with van der Waals surface area (Å²) < 4.78 is 32.0. The Balaban J connectivity index is 1.77. The van der Waals surface area contributed by atoms with Crippen molar-refractivity contribution in [3.05, 3.63) is 77.1 Å². The first-order valence-electron chi connectivity index (χ1n) is 13.1. The maximum absolute atomic E-state index is 14.0. The van der Waals surface area contributed by atoms with Crippen LogP contribution in [0, 0.1) is 12.7 Å². The Morgan fingerprint density at radius 3 is 2.43 bits per heavy atom. The summed E-state index contributed by atoms with van der Waals surface area (Å²) in [6, 6.07) is 14.9. The number of unbranched alkanes of at least 4 members (excludes halogenated alkanes) is 2. The van der Waals surface area contributed by atoms with Crippen molar-refractivity contribution in [2.45, 2.75) is 66.0 Å². The van der Waals surface area contributed by atoms with Crippen LogP contribution in [-0.4, -0.2) is 19.3 Å². The van der Waals surface area contributed by atoms with E-state index in [0.717, 1.165) is 64.3 Å². The maximum Gasteiger partial charge on any atom is 0.130 e. The van der Waals surface area contributed by atoms with Gasteiger partial charge in [0.05, 0.1) is 19.3 Å². The van der Waals surface area contributed by atoms with Gasteiger partial charge in [-0.3, -0.25) is 0 Å². The number of anilines is 1. The van der Waals surface area contributed by atoms with E-state index in [1.807, 2.05) is 25.1 Å². The van der Waals surface area contributed by atoms with Crippen molar-refractivity contribution in [1.29, 1.82) is 0 Å². The highest BCUT2D eigenvalue weighted by Gasteiger charge is 2.27. The second kappa shape index (κ2) is 11.3. The maximum atomic E-state index is 14.0. The third kappa shape index (κ3) is 6.10. The van der Waals surface area contributed by atoms with E-state index in [9.17, 15) is 4.39 Å². The van der Waals surface area contributed by atoms with E-state index in [1.165, 1.54) is 17.7 Å². The zero-order valence-corrected chi connectivity index (χ0v) is 22.8. The number of nitrogens with one attached hydrogen (secondary N) is 1. The fourth-order valence-electron chi connectivity index (χ4n) is 5.01. The number of rotatable bonds is 10. The highest BCUT2D eigenvalue weighted by molar-refractivity contribution is 5.88. The molecule has 0 fully saturated rings. The standard InChI is InChI=1S/C32H38FNO3/c1-7-8-9-16-36-24-12-13-26(30(18-24)35-6)25-14-15-28-31(22(3)19-32(4,5)34-28)27(25)20-37-29-17-23(33)11-10-21(29)2/h10-15,17-19,34H,7-9,16,20H2,1-6H3. The molecule has 0 radical (unpaired) electrons. The summed E-state index contributed by atoms with van der Waals surface area (Å²) in [5.74, 6) is 1.76. The quantitative estimate of drug-likeness (QED) is 0.281. The van der Waals surface area contributed by atoms with E-state index in [2.05, 4.69) is 51.2 Å². The number of halogens is 1. The minimum absolute atomic E-state index is 0.162. The number of aryl methyl sites for hydroxylation is 1. The Morgan fingerprint density at radius 1 is 0.892 bits per heavy atom. The molecule has 0 saturated heterocycles. The van der Waals surface area contributed by atoms with E-state index in [0.29, 0.717) is 12.4 Å². The molecule has 0 spiro atoms. The van der Waals surface area contributed by atoms with Gasteiger partial charge in [0.25, 0.3) is 0 Å². The Kier molecular flexibility index (Phi) is 8.11. The number of ether oxygens (including phenoxy) is 3. The molecule has 37 heavy (non-hydrogen) atoms.